The Kier molecular flexibility index (Phi) is 5.09. The van der Waals surface area contributed by atoms with Crippen LogP contribution in [0.2, 0.25) is 0 Å². The van der Waals surface area contributed by atoms with Crippen LogP contribution < -0.4 is 15.4 Å². The molecule has 1 saturated heterocycles. The van der Waals surface area contributed by atoms with Crippen molar-refractivity contribution in [3.8, 4) is 0 Å². The number of nitrogens with two attached hydrogens (primary N) is 1. The molecule has 0 spiro atoms. The van der Waals surface area contributed by atoms with Crippen LogP contribution in [0, 0.1) is 0 Å². The topological polar surface area (TPSA) is 115 Å². The fraction of sp³-hybridized carbons (Fsp3) is 0.174. The average molecular weight is 452 g/mol. The highest BCUT2D eigenvalue weighted by Crippen LogP contribution is 2.31. The van der Waals surface area contributed by atoms with Gasteiger partial charge in [0, 0.05) is 35.2 Å². The Labute approximate surface area is 184 Å². The van der Waals surface area contributed by atoms with Gasteiger partial charge in [0.25, 0.3) is 5.91 Å². The fourth-order valence-electron chi connectivity index (χ4n) is 3.96. The largest absolute Gasteiger partial charge is 0.456 e. The summed E-state index contributed by atoms with van der Waals surface area (Å²) in [6, 6.07) is 17.4. The van der Waals surface area contributed by atoms with Crippen LogP contribution in [-0.2, 0) is 14.8 Å². The first-order chi connectivity index (χ1) is 15.4. The number of nitrogens with one attached hydrogen (secondary N) is 1. The summed E-state index contributed by atoms with van der Waals surface area (Å²) in [5, 5.41) is 10.0. The van der Waals surface area contributed by atoms with Gasteiger partial charge in [0.1, 0.15) is 11.2 Å². The number of hydrogen-bond acceptors (Lipinski definition) is 6. The highest BCUT2D eigenvalue weighted by atomic mass is 32.2. The number of anilines is 2. The van der Waals surface area contributed by atoms with Crippen molar-refractivity contribution in [1.82, 2.24) is 0 Å². The molecule has 32 heavy (non-hydrogen) atoms. The van der Waals surface area contributed by atoms with Gasteiger partial charge in [-0.3, -0.25) is 4.79 Å². The predicted octanol–water partition coefficient (Wildman–Crippen LogP) is 3.32. The summed E-state index contributed by atoms with van der Waals surface area (Å²) in [6.07, 6.45) is 0. The molecule has 0 saturated carbocycles. The number of rotatable bonds is 4. The van der Waals surface area contributed by atoms with E-state index in [1.807, 2.05) is 35.2 Å². The molecule has 1 amide bonds. The third kappa shape index (κ3) is 3.81. The Morgan fingerprint density at radius 1 is 0.938 bits per heavy atom. The molecule has 8 nitrogen and oxygen atoms in total. The molecule has 0 atom stereocenters. The molecule has 1 fully saturated rings. The van der Waals surface area contributed by atoms with Gasteiger partial charge in [0.05, 0.1) is 23.7 Å². The predicted molar refractivity (Wildman–Crippen MR) is 123 cm³/mol. The van der Waals surface area contributed by atoms with E-state index >= 15 is 0 Å². The van der Waals surface area contributed by atoms with Crippen LogP contribution >= 0.6 is 0 Å². The monoisotopic (exact) mass is 451 g/mol. The van der Waals surface area contributed by atoms with Crippen molar-refractivity contribution >= 4 is 49.2 Å². The van der Waals surface area contributed by atoms with E-state index in [0.717, 1.165) is 21.9 Å². The third-order valence-corrected chi connectivity index (χ3v) is 6.44. The van der Waals surface area contributed by atoms with Gasteiger partial charge in [-0.15, -0.1) is 0 Å². The van der Waals surface area contributed by atoms with Crippen LogP contribution in [0.15, 0.2) is 70.0 Å². The minimum atomic E-state index is -3.96. The minimum Gasteiger partial charge on any atom is -0.456 e. The number of benzene rings is 3. The van der Waals surface area contributed by atoms with Crippen molar-refractivity contribution in [1.29, 1.82) is 0 Å². The van der Waals surface area contributed by atoms with Crippen molar-refractivity contribution in [2.24, 2.45) is 5.14 Å². The first-order valence-corrected chi connectivity index (χ1v) is 11.7. The molecule has 0 unspecified atom stereocenters. The number of fused-ring (bicyclic) bond motifs is 3. The van der Waals surface area contributed by atoms with E-state index in [-0.39, 0.29) is 10.5 Å². The molecular formula is C23H21N3O5S. The SMILES string of the molecule is NS(=O)(=O)c1ccc(N2CCOCC2)c(C(=O)Nc2ccc3oc4ccccc4c3c2)c1. The fourth-order valence-corrected chi connectivity index (χ4v) is 4.50. The maximum Gasteiger partial charge on any atom is 0.257 e. The standard InChI is InChI=1S/C23H21N3O5S/c24-32(28,29)16-6-7-20(26-9-11-30-12-10-26)19(14-16)23(27)25-15-5-8-22-18(13-15)17-3-1-2-4-21(17)31-22/h1-8,13-14H,9-12H2,(H,25,27)(H2,24,28,29). The van der Waals surface area contributed by atoms with E-state index in [9.17, 15) is 13.2 Å². The summed E-state index contributed by atoms with van der Waals surface area (Å²) in [4.78, 5) is 15.1. The number of amides is 1. The third-order valence-electron chi connectivity index (χ3n) is 5.53. The molecule has 3 aromatic carbocycles. The number of para-hydroxylation sites is 1. The van der Waals surface area contributed by atoms with E-state index in [1.54, 1.807) is 18.2 Å². The van der Waals surface area contributed by atoms with Crippen molar-refractivity contribution in [2.45, 2.75) is 4.90 Å². The smallest absolute Gasteiger partial charge is 0.257 e. The minimum absolute atomic E-state index is 0.115. The van der Waals surface area contributed by atoms with E-state index in [0.29, 0.717) is 37.7 Å². The van der Waals surface area contributed by atoms with Gasteiger partial charge in [-0.1, -0.05) is 18.2 Å². The first kappa shape index (κ1) is 20.5. The summed E-state index contributed by atoms with van der Waals surface area (Å²) in [5.74, 6) is -0.427. The van der Waals surface area contributed by atoms with Gasteiger partial charge in [-0.2, -0.15) is 0 Å². The van der Waals surface area contributed by atoms with Gasteiger partial charge in [0.15, 0.2) is 0 Å². The molecular weight excluding hydrogens is 430 g/mol. The lowest BCUT2D eigenvalue weighted by Gasteiger charge is -2.30. The number of furan rings is 1. The molecule has 1 aromatic heterocycles. The zero-order valence-electron chi connectivity index (χ0n) is 17.1. The molecule has 3 N–H and O–H groups in total. The molecule has 4 aromatic rings. The average Bonchev–Trinajstić information content (AvgIpc) is 3.17. The number of primary sulfonamides is 1. The lowest BCUT2D eigenvalue weighted by atomic mass is 10.1. The van der Waals surface area contributed by atoms with Crippen LogP contribution in [0.3, 0.4) is 0 Å². The summed E-state index contributed by atoms with van der Waals surface area (Å²) in [5.41, 5.74) is 2.92. The molecule has 5 rings (SSSR count). The van der Waals surface area contributed by atoms with Gasteiger partial charge < -0.3 is 19.4 Å². The second-order valence-electron chi connectivity index (χ2n) is 7.59. The highest BCUT2D eigenvalue weighted by Gasteiger charge is 2.22. The normalized spacial score (nSPS) is 14.7. The molecule has 0 radical (unpaired) electrons. The highest BCUT2D eigenvalue weighted by molar-refractivity contribution is 7.89. The van der Waals surface area contributed by atoms with E-state index in [2.05, 4.69) is 5.32 Å². The zero-order valence-corrected chi connectivity index (χ0v) is 17.9. The van der Waals surface area contributed by atoms with Crippen molar-refractivity contribution in [3.63, 3.8) is 0 Å². The maximum atomic E-state index is 13.3. The summed E-state index contributed by atoms with van der Waals surface area (Å²) in [7, 11) is -3.96. The number of carbonyl (C=O) groups is 1. The Morgan fingerprint density at radius 3 is 2.47 bits per heavy atom. The number of nitrogens with zero attached hydrogens (tertiary/aromatic N) is 1. The lowest BCUT2D eigenvalue weighted by molar-refractivity contribution is 0.102. The molecule has 1 aliphatic rings. The lowest BCUT2D eigenvalue weighted by Crippen LogP contribution is -2.37. The van der Waals surface area contributed by atoms with Gasteiger partial charge in [-0.05, 0) is 42.5 Å². The molecule has 164 valence electrons. The molecule has 2 heterocycles. The molecule has 9 heteroatoms. The van der Waals surface area contributed by atoms with Gasteiger partial charge in [-0.25, -0.2) is 13.6 Å². The van der Waals surface area contributed by atoms with E-state index in [1.165, 1.54) is 12.1 Å². The molecule has 1 aliphatic heterocycles. The van der Waals surface area contributed by atoms with Crippen LogP contribution in [0.5, 0.6) is 0 Å². The quantitative estimate of drug-likeness (QED) is 0.492. The first-order valence-electron chi connectivity index (χ1n) is 10.1. The second kappa shape index (κ2) is 7.94. The number of morpholine rings is 1. The Hall–Kier alpha value is -3.40. The Balaban J connectivity index is 1.53. The number of ether oxygens (including phenoxy) is 1. The van der Waals surface area contributed by atoms with Crippen LogP contribution in [0.25, 0.3) is 21.9 Å². The molecule has 0 aliphatic carbocycles. The van der Waals surface area contributed by atoms with Gasteiger partial charge >= 0.3 is 0 Å². The van der Waals surface area contributed by atoms with Crippen molar-refractivity contribution in [3.05, 3.63) is 66.2 Å². The van der Waals surface area contributed by atoms with Gasteiger partial charge in [0.2, 0.25) is 10.0 Å². The van der Waals surface area contributed by atoms with Crippen LogP contribution in [0.4, 0.5) is 11.4 Å². The Bertz CT molecular complexity index is 1440. The zero-order chi connectivity index (χ0) is 22.3. The maximum absolute atomic E-state index is 13.3. The van der Waals surface area contributed by atoms with E-state index in [4.69, 9.17) is 14.3 Å². The van der Waals surface area contributed by atoms with Crippen LogP contribution in [0.1, 0.15) is 10.4 Å². The Morgan fingerprint density at radius 2 is 1.69 bits per heavy atom. The number of hydrogen-bond donors (Lipinski definition) is 2. The van der Waals surface area contributed by atoms with Crippen molar-refractivity contribution in [2.75, 3.05) is 36.5 Å². The number of sulfonamides is 1. The summed E-state index contributed by atoms with van der Waals surface area (Å²) in [6.45, 7) is 2.26. The van der Waals surface area contributed by atoms with Crippen LogP contribution in [-0.4, -0.2) is 40.6 Å². The molecule has 0 bridgehead atoms. The second-order valence-corrected chi connectivity index (χ2v) is 9.15. The van der Waals surface area contributed by atoms with Crippen molar-refractivity contribution < 1.29 is 22.4 Å². The van der Waals surface area contributed by atoms with E-state index < -0.39 is 15.9 Å². The summed E-state index contributed by atoms with van der Waals surface area (Å²) < 4.78 is 35.0. The summed E-state index contributed by atoms with van der Waals surface area (Å²) >= 11 is 0. The number of carbonyl (C=O) groups excluding carboxylic acids is 1.